The largest absolute Gasteiger partial charge is 0.385 e. The first kappa shape index (κ1) is 12.5. The van der Waals surface area contributed by atoms with Crippen molar-refractivity contribution in [3.8, 4) is 11.8 Å². The molecule has 0 aliphatic rings. The number of methoxy groups -OCH3 is 1. The Morgan fingerprint density at radius 2 is 2.15 bits per heavy atom. The SMILES string of the molecule is CC#CCCC(CCOC)NCC. The number of ether oxygens (including phenoxy) is 1. The molecule has 0 fully saturated rings. The summed E-state index contributed by atoms with van der Waals surface area (Å²) >= 11 is 0. The summed E-state index contributed by atoms with van der Waals surface area (Å²) in [6, 6.07) is 0.561. The molecule has 2 nitrogen and oxygen atoms in total. The lowest BCUT2D eigenvalue weighted by atomic mass is 10.1. The van der Waals surface area contributed by atoms with Crippen LogP contribution in [0.25, 0.3) is 0 Å². The minimum atomic E-state index is 0.561. The average Bonchev–Trinajstić information content (AvgIpc) is 2.14. The molecule has 0 aromatic carbocycles. The minimum Gasteiger partial charge on any atom is -0.385 e. The molecule has 0 saturated carbocycles. The monoisotopic (exact) mass is 183 g/mol. The van der Waals surface area contributed by atoms with E-state index in [1.165, 1.54) is 0 Å². The molecule has 0 spiro atoms. The highest BCUT2D eigenvalue weighted by molar-refractivity contribution is 4.95. The van der Waals surface area contributed by atoms with Crippen LogP contribution in [0.4, 0.5) is 0 Å². The molecule has 0 radical (unpaired) electrons. The first-order chi connectivity index (χ1) is 6.35. The summed E-state index contributed by atoms with van der Waals surface area (Å²) in [6.07, 6.45) is 3.19. The van der Waals surface area contributed by atoms with Crippen LogP contribution in [-0.4, -0.2) is 26.3 Å². The molecule has 0 aromatic heterocycles. The molecule has 13 heavy (non-hydrogen) atoms. The Kier molecular flexibility index (Phi) is 9.18. The average molecular weight is 183 g/mol. The van der Waals surface area contributed by atoms with E-state index in [9.17, 15) is 0 Å². The fourth-order valence-electron chi connectivity index (χ4n) is 1.27. The maximum Gasteiger partial charge on any atom is 0.0477 e. The Bertz CT molecular complexity index is 157. The number of nitrogens with one attached hydrogen (secondary N) is 1. The number of hydrogen-bond acceptors (Lipinski definition) is 2. The van der Waals surface area contributed by atoms with Gasteiger partial charge in [0.05, 0.1) is 0 Å². The lowest BCUT2D eigenvalue weighted by molar-refractivity contribution is 0.181. The van der Waals surface area contributed by atoms with Gasteiger partial charge >= 0.3 is 0 Å². The van der Waals surface area contributed by atoms with Crippen molar-refractivity contribution in [3.63, 3.8) is 0 Å². The molecule has 1 N–H and O–H groups in total. The van der Waals surface area contributed by atoms with Gasteiger partial charge in [-0.3, -0.25) is 0 Å². The first-order valence-electron chi connectivity index (χ1n) is 4.97. The predicted octanol–water partition coefficient (Wildman–Crippen LogP) is 1.80. The van der Waals surface area contributed by atoms with Gasteiger partial charge < -0.3 is 10.1 Å². The molecule has 0 bridgehead atoms. The third-order valence-corrected chi connectivity index (χ3v) is 1.96. The third-order valence-electron chi connectivity index (χ3n) is 1.96. The number of hydrogen-bond donors (Lipinski definition) is 1. The van der Waals surface area contributed by atoms with Crippen molar-refractivity contribution in [1.82, 2.24) is 5.32 Å². The van der Waals surface area contributed by atoms with Gasteiger partial charge in [-0.05, 0) is 26.3 Å². The van der Waals surface area contributed by atoms with Crippen LogP contribution in [0.1, 0.15) is 33.1 Å². The second kappa shape index (κ2) is 9.57. The second-order valence-electron chi connectivity index (χ2n) is 3.00. The maximum absolute atomic E-state index is 5.05. The Balaban J connectivity index is 3.57. The van der Waals surface area contributed by atoms with Crippen molar-refractivity contribution in [2.45, 2.75) is 39.2 Å². The van der Waals surface area contributed by atoms with Crippen LogP contribution in [0.3, 0.4) is 0 Å². The fraction of sp³-hybridized carbons (Fsp3) is 0.818. The third kappa shape index (κ3) is 7.83. The van der Waals surface area contributed by atoms with Gasteiger partial charge in [-0.1, -0.05) is 6.92 Å². The molecule has 0 aromatic rings. The van der Waals surface area contributed by atoms with E-state index in [0.29, 0.717) is 6.04 Å². The van der Waals surface area contributed by atoms with Crippen LogP contribution in [0, 0.1) is 11.8 Å². The molecule has 2 heteroatoms. The zero-order chi connectivity index (χ0) is 9.94. The van der Waals surface area contributed by atoms with Crippen molar-refractivity contribution in [2.24, 2.45) is 0 Å². The highest BCUT2D eigenvalue weighted by atomic mass is 16.5. The van der Waals surface area contributed by atoms with Gasteiger partial charge in [0.2, 0.25) is 0 Å². The van der Waals surface area contributed by atoms with E-state index in [1.54, 1.807) is 7.11 Å². The van der Waals surface area contributed by atoms with Gasteiger partial charge in [0.1, 0.15) is 0 Å². The maximum atomic E-state index is 5.05. The zero-order valence-corrected chi connectivity index (χ0v) is 9.02. The summed E-state index contributed by atoms with van der Waals surface area (Å²) in [6.45, 7) is 5.87. The van der Waals surface area contributed by atoms with Crippen LogP contribution in [0.5, 0.6) is 0 Å². The highest BCUT2D eigenvalue weighted by Crippen LogP contribution is 2.01. The summed E-state index contributed by atoms with van der Waals surface area (Å²) in [4.78, 5) is 0. The summed E-state index contributed by atoms with van der Waals surface area (Å²) < 4.78 is 5.05. The molecule has 0 aliphatic carbocycles. The lowest BCUT2D eigenvalue weighted by Gasteiger charge is -2.15. The molecule has 76 valence electrons. The standard InChI is InChI=1S/C11H21NO/c1-4-6-7-8-11(12-5-2)9-10-13-3/h11-12H,5,7-10H2,1-3H3. The van der Waals surface area contributed by atoms with E-state index in [-0.39, 0.29) is 0 Å². The molecule has 0 amide bonds. The van der Waals surface area contributed by atoms with Gasteiger partial charge in [0, 0.05) is 26.2 Å². The van der Waals surface area contributed by atoms with Crippen molar-refractivity contribution >= 4 is 0 Å². The summed E-state index contributed by atoms with van der Waals surface area (Å²) in [5, 5.41) is 3.43. The lowest BCUT2D eigenvalue weighted by Crippen LogP contribution is -2.29. The van der Waals surface area contributed by atoms with E-state index in [2.05, 4.69) is 24.1 Å². The van der Waals surface area contributed by atoms with Gasteiger partial charge in [-0.15, -0.1) is 11.8 Å². The van der Waals surface area contributed by atoms with Crippen LogP contribution in [-0.2, 0) is 4.74 Å². The Morgan fingerprint density at radius 1 is 1.38 bits per heavy atom. The van der Waals surface area contributed by atoms with Gasteiger partial charge in [0.15, 0.2) is 0 Å². The molecular formula is C11H21NO. The summed E-state index contributed by atoms with van der Waals surface area (Å²) in [5.74, 6) is 5.99. The second-order valence-corrected chi connectivity index (χ2v) is 3.00. The van der Waals surface area contributed by atoms with E-state index >= 15 is 0 Å². The van der Waals surface area contributed by atoms with Crippen molar-refractivity contribution in [3.05, 3.63) is 0 Å². The molecular weight excluding hydrogens is 162 g/mol. The van der Waals surface area contributed by atoms with E-state index < -0.39 is 0 Å². The van der Waals surface area contributed by atoms with Crippen molar-refractivity contribution < 1.29 is 4.74 Å². The molecule has 0 heterocycles. The highest BCUT2D eigenvalue weighted by Gasteiger charge is 2.04. The zero-order valence-electron chi connectivity index (χ0n) is 9.02. The van der Waals surface area contributed by atoms with Crippen molar-refractivity contribution in [1.29, 1.82) is 0 Å². The van der Waals surface area contributed by atoms with E-state index in [0.717, 1.165) is 32.4 Å². The Labute approximate surface area is 82.1 Å². The first-order valence-corrected chi connectivity index (χ1v) is 4.97. The van der Waals surface area contributed by atoms with Crippen molar-refractivity contribution in [2.75, 3.05) is 20.3 Å². The minimum absolute atomic E-state index is 0.561. The van der Waals surface area contributed by atoms with Crippen LogP contribution >= 0.6 is 0 Å². The Morgan fingerprint density at radius 3 is 2.69 bits per heavy atom. The van der Waals surface area contributed by atoms with E-state index in [1.807, 2.05) is 6.92 Å². The molecule has 0 aliphatic heterocycles. The van der Waals surface area contributed by atoms with Gasteiger partial charge in [-0.25, -0.2) is 0 Å². The smallest absolute Gasteiger partial charge is 0.0477 e. The fourth-order valence-corrected chi connectivity index (χ4v) is 1.27. The van der Waals surface area contributed by atoms with E-state index in [4.69, 9.17) is 4.74 Å². The summed E-state index contributed by atoms with van der Waals surface area (Å²) in [7, 11) is 1.74. The molecule has 1 unspecified atom stereocenters. The number of rotatable bonds is 7. The van der Waals surface area contributed by atoms with Gasteiger partial charge in [0.25, 0.3) is 0 Å². The quantitative estimate of drug-likeness (QED) is 0.608. The summed E-state index contributed by atoms with van der Waals surface area (Å²) in [5.41, 5.74) is 0. The molecule has 0 rings (SSSR count). The van der Waals surface area contributed by atoms with Crippen LogP contribution in [0.2, 0.25) is 0 Å². The molecule has 0 saturated heterocycles. The normalized spacial score (nSPS) is 11.9. The predicted molar refractivity (Wildman–Crippen MR) is 56.6 cm³/mol. The topological polar surface area (TPSA) is 21.3 Å². The van der Waals surface area contributed by atoms with Gasteiger partial charge in [-0.2, -0.15) is 0 Å². The Hall–Kier alpha value is -0.520. The molecule has 1 atom stereocenters. The van der Waals surface area contributed by atoms with Crippen LogP contribution in [0.15, 0.2) is 0 Å². The van der Waals surface area contributed by atoms with Crippen LogP contribution < -0.4 is 5.32 Å².